The number of ether oxygens (including phenoxy) is 1. The van der Waals surface area contributed by atoms with Gasteiger partial charge in [-0.25, -0.2) is 0 Å². The van der Waals surface area contributed by atoms with Crippen LogP contribution in [0, 0.1) is 11.3 Å². The molecule has 0 fully saturated rings. The van der Waals surface area contributed by atoms with Crippen molar-refractivity contribution in [2.45, 2.75) is 67.2 Å². The SMILES string of the molecule is CC(=O)OC/C=C(C)/C=C/CC(C)/C=C/C1=C(C)CCCC1(C)C. The van der Waals surface area contributed by atoms with Gasteiger partial charge in [-0.2, -0.15) is 0 Å². The normalized spacial score (nSPS) is 20.0. The molecule has 0 aliphatic heterocycles. The van der Waals surface area contributed by atoms with Crippen LogP contribution in [0.5, 0.6) is 0 Å². The third-order valence-electron chi connectivity index (χ3n) is 4.71. The number of allylic oxidation sites excluding steroid dienone is 7. The predicted octanol–water partition coefficient (Wildman–Crippen LogP) is 6.16. The fourth-order valence-corrected chi connectivity index (χ4v) is 3.18. The Balaban J connectivity index is 2.52. The van der Waals surface area contributed by atoms with Crippen LogP contribution in [0.2, 0.25) is 0 Å². The number of carbonyl (C=O) groups excluding carboxylic acids is 1. The van der Waals surface area contributed by atoms with Crippen molar-refractivity contribution in [2.75, 3.05) is 6.61 Å². The first-order chi connectivity index (χ1) is 11.2. The van der Waals surface area contributed by atoms with Gasteiger partial charge in [-0.3, -0.25) is 4.79 Å². The maximum atomic E-state index is 10.7. The van der Waals surface area contributed by atoms with Gasteiger partial charge >= 0.3 is 5.97 Å². The average Bonchev–Trinajstić information content (AvgIpc) is 2.45. The minimum atomic E-state index is -0.239. The highest BCUT2D eigenvalue weighted by Crippen LogP contribution is 2.40. The predicted molar refractivity (Wildman–Crippen MR) is 103 cm³/mol. The molecule has 0 spiro atoms. The molecule has 0 amide bonds. The highest BCUT2D eigenvalue weighted by molar-refractivity contribution is 5.66. The van der Waals surface area contributed by atoms with Crippen LogP contribution in [-0.4, -0.2) is 12.6 Å². The van der Waals surface area contributed by atoms with Crippen LogP contribution in [0.1, 0.15) is 67.2 Å². The molecule has 2 nitrogen and oxygen atoms in total. The van der Waals surface area contributed by atoms with E-state index in [-0.39, 0.29) is 5.97 Å². The lowest BCUT2D eigenvalue weighted by Crippen LogP contribution is -2.19. The summed E-state index contributed by atoms with van der Waals surface area (Å²) >= 11 is 0. The molecule has 0 aromatic heterocycles. The summed E-state index contributed by atoms with van der Waals surface area (Å²) in [5.41, 5.74) is 4.51. The van der Waals surface area contributed by atoms with E-state index >= 15 is 0 Å². The van der Waals surface area contributed by atoms with E-state index in [4.69, 9.17) is 4.74 Å². The Hall–Kier alpha value is -1.57. The third kappa shape index (κ3) is 7.33. The van der Waals surface area contributed by atoms with Gasteiger partial charge in [-0.1, -0.05) is 56.2 Å². The summed E-state index contributed by atoms with van der Waals surface area (Å²) in [6.07, 6.45) is 15.8. The number of hydrogen-bond acceptors (Lipinski definition) is 2. The van der Waals surface area contributed by atoms with Crippen LogP contribution in [0.4, 0.5) is 0 Å². The molecular formula is C22H34O2. The molecule has 0 radical (unpaired) electrons. The second-order valence-corrected chi connectivity index (χ2v) is 7.66. The van der Waals surface area contributed by atoms with Crippen molar-refractivity contribution >= 4 is 5.97 Å². The maximum absolute atomic E-state index is 10.7. The summed E-state index contributed by atoms with van der Waals surface area (Å²) < 4.78 is 4.91. The van der Waals surface area contributed by atoms with Gasteiger partial charge in [0.2, 0.25) is 0 Å². The monoisotopic (exact) mass is 330 g/mol. The first-order valence-electron chi connectivity index (χ1n) is 9.07. The lowest BCUT2D eigenvalue weighted by atomic mass is 9.72. The van der Waals surface area contributed by atoms with Gasteiger partial charge in [0.25, 0.3) is 0 Å². The number of carbonyl (C=O) groups is 1. The fourth-order valence-electron chi connectivity index (χ4n) is 3.18. The van der Waals surface area contributed by atoms with Crippen LogP contribution in [0.3, 0.4) is 0 Å². The van der Waals surface area contributed by atoms with Crippen LogP contribution >= 0.6 is 0 Å². The summed E-state index contributed by atoms with van der Waals surface area (Å²) in [7, 11) is 0. The lowest BCUT2D eigenvalue weighted by Gasteiger charge is -2.33. The molecule has 0 aromatic carbocycles. The van der Waals surface area contributed by atoms with Gasteiger partial charge in [-0.15, -0.1) is 0 Å². The molecule has 0 aromatic rings. The van der Waals surface area contributed by atoms with Gasteiger partial charge in [0.15, 0.2) is 0 Å². The van der Waals surface area contributed by atoms with Crippen molar-refractivity contribution in [3.8, 4) is 0 Å². The third-order valence-corrected chi connectivity index (χ3v) is 4.71. The molecule has 0 saturated heterocycles. The van der Waals surface area contributed by atoms with Crippen molar-refractivity contribution in [3.63, 3.8) is 0 Å². The molecule has 1 unspecified atom stereocenters. The zero-order valence-electron chi connectivity index (χ0n) is 16.3. The Labute approximate surface area is 148 Å². The molecule has 2 heteroatoms. The van der Waals surface area contributed by atoms with Crippen molar-refractivity contribution < 1.29 is 9.53 Å². The molecule has 24 heavy (non-hydrogen) atoms. The molecule has 1 aliphatic carbocycles. The van der Waals surface area contributed by atoms with E-state index in [9.17, 15) is 4.79 Å². The number of hydrogen-bond donors (Lipinski definition) is 0. The first-order valence-corrected chi connectivity index (χ1v) is 9.07. The van der Waals surface area contributed by atoms with Crippen molar-refractivity contribution in [1.82, 2.24) is 0 Å². The van der Waals surface area contributed by atoms with Crippen LogP contribution < -0.4 is 0 Å². The fraction of sp³-hybridized carbons (Fsp3) is 0.591. The van der Waals surface area contributed by atoms with Gasteiger partial charge in [0.1, 0.15) is 6.61 Å². The number of rotatable bonds is 7. The molecule has 134 valence electrons. The van der Waals surface area contributed by atoms with Gasteiger partial charge in [0.05, 0.1) is 0 Å². The van der Waals surface area contributed by atoms with Crippen molar-refractivity contribution in [2.24, 2.45) is 11.3 Å². The summed E-state index contributed by atoms with van der Waals surface area (Å²) in [5.74, 6) is 0.276. The Morgan fingerprint density at radius 2 is 2.04 bits per heavy atom. The molecule has 0 bridgehead atoms. The first kappa shape index (κ1) is 20.5. The number of esters is 1. The lowest BCUT2D eigenvalue weighted by molar-refractivity contribution is -0.139. The molecule has 0 saturated carbocycles. The minimum Gasteiger partial charge on any atom is -0.462 e. The highest BCUT2D eigenvalue weighted by atomic mass is 16.5. The van der Waals surface area contributed by atoms with E-state index in [1.54, 1.807) is 5.57 Å². The topological polar surface area (TPSA) is 26.3 Å². The summed E-state index contributed by atoms with van der Waals surface area (Å²) in [6.45, 7) is 13.1. The van der Waals surface area contributed by atoms with E-state index < -0.39 is 0 Å². The van der Waals surface area contributed by atoms with Crippen molar-refractivity contribution in [3.05, 3.63) is 47.1 Å². The Kier molecular flexibility index (Phi) is 8.24. The molecule has 0 N–H and O–H groups in total. The maximum Gasteiger partial charge on any atom is 0.302 e. The second-order valence-electron chi connectivity index (χ2n) is 7.66. The van der Waals surface area contributed by atoms with E-state index in [1.165, 1.54) is 31.8 Å². The Morgan fingerprint density at radius 3 is 2.67 bits per heavy atom. The molecule has 1 atom stereocenters. The zero-order chi connectivity index (χ0) is 18.2. The van der Waals surface area contributed by atoms with Crippen LogP contribution in [0.15, 0.2) is 47.1 Å². The minimum absolute atomic E-state index is 0.239. The van der Waals surface area contributed by atoms with Crippen molar-refractivity contribution in [1.29, 1.82) is 0 Å². The Morgan fingerprint density at radius 1 is 1.33 bits per heavy atom. The largest absolute Gasteiger partial charge is 0.462 e. The van der Waals surface area contributed by atoms with Gasteiger partial charge in [-0.05, 0) is 62.5 Å². The van der Waals surface area contributed by atoms with Crippen LogP contribution in [-0.2, 0) is 9.53 Å². The second kappa shape index (κ2) is 9.66. The van der Waals surface area contributed by atoms with Gasteiger partial charge < -0.3 is 4.74 Å². The quantitative estimate of drug-likeness (QED) is 0.412. The summed E-state index contributed by atoms with van der Waals surface area (Å²) in [6, 6.07) is 0. The van der Waals surface area contributed by atoms with E-state index in [0.29, 0.717) is 17.9 Å². The summed E-state index contributed by atoms with van der Waals surface area (Å²) in [4.78, 5) is 10.7. The molecule has 1 aliphatic rings. The Bertz CT molecular complexity index is 544. The van der Waals surface area contributed by atoms with Gasteiger partial charge in [0, 0.05) is 6.92 Å². The zero-order valence-corrected chi connectivity index (χ0v) is 16.3. The highest BCUT2D eigenvalue weighted by Gasteiger charge is 2.26. The standard InChI is InChI=1S/C22H34O2/c1-17(9-7-10-18(2)14-16-24-20(4)23)12-13-21-19(3)11-8-15-22(21,5)6/h7,10,12-14,17H,8-9,11,15-16H2,1-6H3/b10-7+,13-12+,18-14+. The molecule has 0 heterocycles. The molecule has 1 rings (SSSR count). The average molecular weight is 331 g/mol. The van der Waals surface area contributed by atoms with E-state index in [1.807, 2.05) is 13.0 Å². The molecular weight excluding hydrogens is 296 g/mol. The summed E-state index contributed by atoms with van der Waals surface area (Å²) in [5, 5.41) is 0. The van der Waals surface area contributed by atoms with E-state index in [0.717, 1.165) is 12.0 Å². The smallest absolute Gasteiger partial charge is 0.302 e. The van der Waals surface area contributed by atoms with E-state index in [2.05, 4.69) is 52.0 Å². The van der Waals surface area contributed by atoms with Crippen LogP contribution in [0.25, 0.3) is 0 Å².